The van der Waals surface area contributed by atoms with Crippen molar-refractivity contribution in [3.8, 4) is 5.75 Å². The molecule has 0 radical (unpaired) electrons. The summed E-state index contributed by atoms with van der Waals surface area (Å²) in [6.45, 7) is 2.57. The minimum Gasteiger partial charge on any atom is -0.489 e. The molecule has 2 unspecified atom stereocenters. The highest BCUT2D eigenvalue weighted by molar-refractivity contribution is 5.92. The van der Waals surface area contributed by atoms with Crippen LogP contribution < -0.4 is 15.8 Å². The lowest BCUT2D eigenvalue weighted by atomic mass is 10.1. The molecular formula is C20H25ClN2O2. The first kappa shape index (κ1) is 19.3. The third kappa shape index (κ3) is 5.48. The molecule has 2 aromatic rings. The van der Waals surface area contributed by atoms with E-state index in [1.54, 1.807) is 0 Å². The number of halogens is 1. The van der Waals surface area contributed by atoms with Gasteiger partial charge >= 0.3 is 0 Å². The molecule has 1 aliphatic carbocycles. The Kier molecular flexibility index (Phi) is 6.85. The van der Waals surface area contributed by atoms with Crippen molar-refractivity contribution in [3.63, 3.8) is 0 Å². The number of rotatable bonds is 5. The molecule has 1 fully saturated rings. The second-order valence-corrected chi connectivity index (χ2v) is 6.56. The van der Waals surface area contributed by atoms with Gasteiger partial charge < -0.3 is 15.8 Å². The summed E-state index contributed by atoms with van der Waals surface area (Å²) in [5, 5.41) is 2.98. The maximum Gasteiger partial charge on any atom is 0.227 e. The Bertz CT molecular complexity index is 720. The van der Waals surface area contributed by atoms with Crippen LogP contribution in [0.3, 0.4) is 0 Å². The third-order valence-electron chi connectivity index (χ3n) is 4.43. The van der Waals surface area contributed by atoms with E-state index in [1.807, 2.05) is 36.4 Å². The van der Waals surface area contributed by atoms with Gasteiger partial charge in [-0.3, -0.25) is 4.79 Å². The van der Waals surface area contributed by atoms with E-state index in [0.717, 1.165) is 36.3 Å². The molecule has 5 heteroatoms. The van der Waals surface area contributed by atoms with Crippen LogP contribution in [0.15, 0.2) is 48.5 Å². The summed E-state index contributed by atoms with van der Waals surface area (Å²) in [7, 11) is 0. The fourth-order valence-corrected chi connectivity index (χ4v) is 3.13. The van der Waals surface area contributed by atoms with Gasteiger partial charge in [-0.05, 0) is 43.9 Å². The van der Waals surface area contributed by atoms with E-state index in [2.05, 4.69) is 24.4 Å². The van der Waals surface area contributed by atoms with Gasteiger partial charge in [0.2, 0.25) is 5.91 Å². The first-order chi connectivity index (χ1) is 11.6. The van der Waals surface area contributed by atoms with E-state index in [1.165, 1.54) is 5.56 Å². The molecule has 3 rings (SSSR count). The molecule has 134 valence electrons. The average molecular weight is 361 g/mol. The van der Waals surface area contributed by atoms with Gasteiger partial charge in [-0.15, -0.1) is 12.4 Å². The molecule has 1 aliphatic rings. The molecule has 0 aromatic heterocycles. The zero-order chi connectivity index (χ0) is 16.9. The second-order valence-electron chi connectivity index (χ2n) is 6.56. The quantitative estimate of drug-likeness (QED) is 0.845. The van der Waals surface area contributed by atoms with Gasteiger partial charge in [0.15, 0.2) is 0 Å². The predicted octanol–water partition coefficient (Wildman–Crippen LogP) is 4.06. The Hall–Kier alpha value is -2.04. The first-order valence-corrected chi connectivity index (χ1v) is 8.45. The van der Waals surface area contributed by atoms with Gasteiger partial charge in [0.05, 0.1) is 0 Å². The fraction of sp³-hybridized carbons (Fsp3) is 0.350. The van der Waals surface area contributed by atoms with Crippen molar-refractivity contribution >= 4 is 24.0 Å². The Labute approximate surface area is 155 Å². The second kappa shape index (κ2) is 8.88. The standard InChI is InChI=1S/C20H24N2O2.ClH/c1-14-4-2-5-15(10-14)13-24-19-7-3-6-18(12-19)22-20(23)16-8-9-17(21)11-16;/h2-7,10,12,16-17H,8-9,11,13,21H2,1H3,(H,22,23);1H. The van der Waals surface area contributed by atoms with Crippen LogP contribution >= 0.6 is 12.4 Å². The number of nitrogens with two attached hydrogens (primary N) is 1. The maximum atomic E-state index is 12.3. The normalized spacial score (nSPS) is 19.1. The van der Waals surface area contributed by atoms with E-state index in [4.69, 9.17) is 10.5 Å². The first-order valence-electron chi connectivity index (χ1n) is 8.45. The number of aryl methyl sites for hydroxylation is 1. The molecule has 1 saturated carbocycles. The van der Waals surface area contributed by atoms with Crippen LogP contribution in [0, 0.1) is 12.8 Å². The van der Waals surface area contributed by atoms with Crippen LogP contribution in [-0.2, 0) is 11.4 Å². The largest absolute Gasteiger partial charge is 0.489 e. The minimum atomic E-state index is 0. The zero-order valence-electron chi connectivity index (χ0n) is 14.4. The number of hydrogen-bond acceptors (Lipinski definition) is 3. The minimum absolute atomic E-state index is 0. The molecule has 3 N–H and O–H groups in total. The van der Waals surface area contributed by atoms with E-state index >= 15 is 0 Å². The number of carbonyl (C=O) groups excluding carboxylic acids is 1. The molecule has 0 saturated heterocycles. The number of amides is 1. The highest BCUT2D eigenvalue weighted by Gasteiger charge is 2.27. The average Bonchev–Trinajstić information content (AvgIpc) is 3.00. The maximum absolute atomic E-state index is 12.3. The molecule has 25 heavy (non-hydrogen) atoms. The highest BCUT2D eigenvalue weighted by atomic mass is 35.5. The summed E-state index contributed by atoms with van der Waals surface area (Å²) in [5.74, 6) is 0.827. The van der Waals surface area contributed by atoms with Crippen LogP contribution in [0.5, 0.6) is 5.75 Å². The summed E-state index contributed by atoms with van der Waals surface area (Å²) >= 11 is 0. The molecule has 0 aliphatic heterocycles. The summed E-state index contributed by atoms with van der Waals surface area (Å²) in [4.78, 5) is 12.3. The van der Waals surface area contributed by atoms with Crippen LogP contribution in [0.4, 0.5) is 5.69 Å². The Morgan fingerprint density at radius 3 is 2.72 bits per heavy atom. The number of hydrogen-bond donors (Lipinski definition) is 2. The van der Waals surface area contributed by atoms with E-state index in [9.17, 15) is 4.79 Å². The number of anilines is 1. The van der Waals surface area contributed by atoms with Crippen molar-refractivity contribution in [2.75, 3.05) is 5.32 Å². The monoisotopic (exact) mass is 360 g/mol. The van der Waals surface area contributed by atoms with Gasteiger partial charge in [-0.25, -0.2) is 0 Å². The molecule has 0 spiro atoms. The van der Waals surface area contributed by atoms with E-state index in [-0.39, 0.29) is 30.3 Å². The zero-order valence-corrected chi connectivity index (χ0v) is 15.2. The van der Waals surface area contributed by atoms with Gasteiger partial charge in [-0.2, -0.15) is 0 Å². The Morgan fingerprint density at radius 2 is 2.00 bits per heavy atom. The Morgan fingerprint density at radius 1 is 1.20 bits per heavy atom. The summed E-state index contributed by atoms with van der Waals surface area (Å²) in [5.41, 5.74) is 9.00. The van der Waals surface area contributed by atoms with Crippen molar-refractivity contribution in [2.45, 2.75) is 38.8 Å². The van der Waals surface area contributed by atoms with Gasteiger partial charge in [0, 0.05) is 23.7 Å². The lowest BCUT2D eigenvalue weighted by molar-refractivity contribution is -0.119. The number of ether oxygens (including phenoxy) is 1. The molecule has 1 amide bonds. The van der Waals surface area contributed by atoms with Crippen molar-refractivity contribution in [1.82, 2.24) is 0 Å². The van der Waals surface area contributed by atoms with Crippen LogP contribution in [-0.4, -0.2) is 11.9 Å². The van der Waals surface area contributed by atoms with Gasteiger partial charge in [-0.1, -0.05) is 35.9 Å². The van der Waals surface area contributed by atoms with E-state index < -0.39 is 0 Å². The van der Waals surface area contributed by atoms with Crippen molar-refractivity contribution in [3.05, 3.63) is 59.7 Å². The van der Waals surface area contributed by atoms with E-state index in [0.29, 0.717) is 6.61 Å². The van der Waals surface area contributed by atoms with Gasteiger partial charge in [0.1, 0.15) is 12.4 Å². The predicted molar refractivity (Wildman–Crippen MR) is 103 cm³/mol. The molecule has 0 bridgehead atoms. The Balaban J connectivity index is 0.00000225. The highest BCUT2D eigenvalue weighted by Crippen LogP contribution is 2.26. The van der Waals surface area contributed by atoms with Crippen molar-refractivity contribution < 1.29 is 9.53 Å². The number of benzene rings is 2. The van der Waals surface area contributed by atoms with Gasteiger partial charge in [0.25, 0.3) is 0 Å². The van der Waals surface area contributed by atoms with Crippen molar-refractivity contribution in [1.29, 1.82) is 0 Å². The number of nitrogens with one attached hydrogen (secondary N) is 1. The molecule has 2 aromatic carbocycles. The topological polar surface area (TPSA) is 64.3 Å². The smallest absolute Gasteiger partial charge is 0.227 e. The summed E-state index contributed by atoms with van der Waals surface area (Å²) in [6, 6.07) is 15.9. The molecule has 4 nitrogen and oxygen atoms in total. The summed E-state index contributed by atoms with van der Waals surface area (Å²) < 4.78 is 5.84. The molecule has 0 heterocycles. The summed E-state index contributed by atoms with van der Waals surface area (Å²) in [6.07, 6.45) is 2.57. The third-order valence-corrected chi connectivity index (χ3v) is 4.43. The van der Waals surface area contributed by atoms with Crippen LogP contribution in [0.1, 0.15) is 30.4 Å². The number of carbonyl (C=O) groups is 1. The lowest BCUT2D eigenvalue weighted by Gasteiger charge is -2.12. The molecular weight excluding hydrogens is 336 g/mol. The molecule has 2 atom stereocenters. The SMILES string of the molecule is Cc1cccc(COc2cccc(NC(=O)C3CCC(N)C3)c2)c1.Cl. The lowest BCUT2D eigenvalue weighted by Crippen LogP contribution is -2.23. The van der Waals surface area contributed by atoms with Crippen LogP contribution in [0.25, 0.3) is 0 Å². The van der Waals surface area contributed by atoms with Crippen molar-refractivity contribution in [2.24, 2.45) is 11.7 Å². The fourth-order valence-electron chi connectivity index (χ4n) is 3.13. The van der Waals surface area contributed by atoms with Crippen LogP contribution in [0.2, 0.25) is 0 Å².